The SMILES string of the molecule is CC1(C)OC[C@H](CCn2cnc3c(OCc4ccccc4)nc(N)nc32)O1. The van der Waals surface area contributed by atoms with Gasteiger partial charge in [0.25, 0.3) is 0 Å². The van der Waals surface area contributed by atoms with Crippen molar-refractivity contribution in [1.29, 1.82) is 0 Å². The van der Waals surface area contributed by atoms with Crippen LogP contribution in [0.3, 0.4) is 0 Å². The van der Waals surface area contributed by atoms with E-state index in [0.29, 0.717) is 36.8 Å². The van der Waals surface area contributed by atoms with Crippen molar-refractivity contribution < 1.29 is 14.2 Å². The van der Waals surface area contributed by atoms with Gasteiger partial charge in [0.2, 0.25) is 11.8 Å². The van der Waals surface area contributed by atoms with Crippen LogP contribution < -0.4 is 10.5 Å². The summed E-state index contributed by atoms with van der Waals surface area (Å²) in [6.07, 6.45) is 2.57. The highest BCUT2D eigenvalue weighted by atomic mass is 16.7. The molecule has 0 aliphatic carbocycles. The number of nitrogen functional groups attached to an aromatic ring is 1. The minimum absolute atomic E-state index is 0.0467. The van der Waals surface area contributed by atoms with E-state index in [1.165, 1.54) is 0 Å². The summed E-state index contributed by atoms with van der Waals surface area (Å²) >= 11 is 0. The molecule has 2 aromatic heterocycles. The van der Waals surface area contributed by atoms with Crippen molar-refractivity contribution in [1.82, 2.24) is 19.5 Å². The fourth-order valence-electron chi connectivity index (χ4n) is 3.11. The van der Waals surface area contributed by atoms with Crippen LogP contribution in [0.15, 0.2) is 36.7 Å². The molecule has 3 aromatic rings. The van der Waals surface area contributed by atoms with Gasteiger partial charge in [-0.05, 0) is 25.8 Å². The standard InChI is InChI=1S/C19H23N5O3/c1-19(2)26-11-14(27-19)8-9-24-12-21-15-16(24)22-18(20)23-17(15)25-10-13-6-4-3-5-7-13/h3-7,12,14H,8-11H2,1-2H3,(H2,20,22,23)/t14-/m0/s1. The largest absolute Gasteiger partial charge is 0.471 e. The molecule has 1 atom stereocenters. The molecule has 0 radical (unpaired) electrons. The van der Waals surface area contributed by atoms with Gasteiger partial charge in [0.1, 0.15) is 6.61 Å². The number of nitrogens with two attached hydrogens (primary N) is 1. The summed E-state index contributed by atoms with van der Waals surface area (Å²) in [5.74, 6) is 0.0304. The molecule has 1 saturated heterocycles. The van der Waals surface area contributed by atoms with Gasteiger partial charge in [0.05, 0.1) is 19.0 Å². The summed E-state index contributed by atoms with van der Waals surface area (Å²) in [7, 11) is 0. The molecule has 0 unspecified atom stereocenters. The fourth-order valence-corrected chi connectivity index (χ4v) is 3.11. The first-order valence-corrected chi connectivity index (χ1v) is 8.97. The Morgan fingerprint density at radius 2 is 2.07 bits per heavy atom. The van der Waals surface area contributed by atoms with Crippen LogP contribution in [0, 0.1) is 0 Å². The van der Waals surface area contributed by atoms with Crippen molar-refractivity contribution in [2.75, 3.05) is 12.3 Å². The molecule has 27 heavy (non-hydrogen) atoms. The lowest BCUT2D eigenvalue weighted by Crippen LogP contribution is -2.22. The normalized spacial score (nSPS) is 18.8. The number of aryl methyl sites for hydroxylation is 1. The molecule has 3 heterocycles. The molecule has 0 amide bonds. The first kappa shape index (κ1) is 17.7. The fraction of sp³-hybridized carbons (Fsp3) is 0.421. The average Bonchev–Trinajstić information content (AvgIpc) is 3.21. The number of nitrogens with zero attached hydrogens (tertiary/aromatic N) is 4. The summed E-state index contributed by atoms with van der Waals surface area (Å²) < 4.78 is 19.3. The third-order valence-corrected chi connectivity index (χ3v) is 4.43. The Balaban J connectivity index is 1.49. The van der Waals surface area contributed by atoms with Gasteiger partial charge in [0.15, 0.2) is 17.0 Å². The number of aromatic nitrogens is 4. The van der Waals surface area contributed by atoms with Gasteiger partial charge in [-0.15, -0.1) is 0 Å². The zero-order valence-corrected chi connectivity index (χ0v) is 15.5. The van der Waals surface area contributed by atoms with E-state index in [1.54, 1.807) is 6.33 Å². The Kier molecular flexibility index (Phi) is 4.67. The van der Waals surface area contributed by atoms with Gasteiger partial charge in [-0.25, -0.2) is 4.98 Å². The number of rotatable bonds is 6. The van der Waals surface area contributed by atoms with Crippen LogP contribution in [0.5, 0.6) is 5.88 Å². The smallest absolute Gasteiger partial charge is 0.247 e. The Hall–Kier alpha value is -2.71. The minimum Gasteiger partial charge on any atom is -0.471 e. The molecule has 8 nitrogen and oxygen atoms in total. The molecule has 1 fully saturated rings. The van der Waals surface area contributed by atoms with Gasteiger partial charge in [-0.2, -0.15) is 9.97 Å². The highest BCUT2D eigenvalue weighted by molar-refractivity contribution is 5.77. The van der Waals surface area contributed by atoms with Crippen LogP contribution in [0.4, 0.5) is 5.95 Å². The van der Waals surface area contributed by atoms with Crippen LogP contribution in [-0.2, 0) is 22.6 Å². The van der Waals surface area contributed by atoms with E-state index in [2.05, 4.69) is 15.0 Å². The monoisotopic (exact) mass is 369 g/mol. The van der Waals surface area contributed by atoms with Gasteiger partial charge in [0, 0.05) is 6.54 Å². The van der Waals surface area contributed by atoms with E-state index < -0.39 is 5.79 Å². The van der Waals surface area contributed by atoms with Gasteiger partial charge in [-0.3, -0.25) is 0 Å². The van der Waals surface area contributed by atoms with Crippen molar-refractivity contribution in [2.45, 2.75) is 45.3 Å². The summed E-state index contributed by atoms with van der Waals surface area (Å²) in [6, 6.07) is 9.88. The molecule has 1 aromatic carbocycles. The summed E-state index contributed by atoms with van der Waals surface area (Å²) in [5, 5.41) is 0. The molecular weight excluding hydrogens is 346 g/mol. The van der Waals surface area contributed by atoms with E-state index in [0.717, 1.165) is 12.0 Å². The van der Waals surface area contributed by atoms with Gasteiger partial charge < -0.3 is 24.5 Å². The number of ether oxygens (including phenoxy) is 3. The topological polar surface area (TPSA) is 97.3 Å². The molecule has 0 spiro atoms. The van der Waals surface area contributed by atoms with E-state index in [1.807, 2.05) is 48.7 Å². The molecular formula is C19H23N5O3. The number of imidazole rings is 1. The van der Waals surface area contributed by atoms with Crippen molar-refractivity contribution in [3.63, 3.8) is 0 Å². The summed E-state index contributed by atoms with van der Waals surface area (Å²) in [4.78, 5) is 13.0. The lowest BCUT2D eigenvalue weighted by atomic mass is 10.2. The Morgan fingerprint density at radius 3 is 2.81 bits per heavy atom. The second-order valence-electron chi connectivity index (χ2n) is 7.01. The zero-order chi connectivity index (χ0) is 18.9. The number of fused-ring (bicyclic) bond motifs is 1. The number of benzene rings is 1. The van der Waals surface area contributed by atoms with Crippen LogP contribution in [0.25, 0.3) is 11.2 Å². The molecule has 4 rings (SSSR count). The number of hydrogen-bond donors (Lipinski definition) is 1. The van der Waals surface area contributed by atoms with E-state index in [4.69, 9.17) is 19.9 Å². The van der Waals surface area contributed by atoms with E-state index in [9.17, 15) is 0 Å². The first-order chi connectivity index (χ1) is 13.0. The highest BCUT2D eigenvalue weighted by Crippen LogP contribution is 2.26. The summed E-state index contributed by atoms with van der Waals surface area (Å²) in [6.45, 7) is 5.51. The van der Waals surface area contributed by atoms with Crippen LogP contribution in [0.2, 0.25) is 0 Å². The second-order valence-corrected chi connectivity index (χ2v) is 7.01. The molecule has 0 saturated carbocycles. The predicted octanol–water partition coefficient (Wildman–Crippen LogP) is 2.53. The van der Waals surface area contributed by atoms with Crippen molar-refractivity contribution in [3.8, 4) is 5.88 Å². The van der Waals surface area contributed by atoms with Gasteiger partial charge >= 0.3 is 0 Å². The lowest BCUT2D eigenvalue weighted by molar-refractivity contribution is -0.139. The third-order valence-electron chi connectivity index (χ3n) is 4.43. The predicted molar refractivity (Wildman–Crippen MR) is 100 cm³/mol. The highest BCUT2D eigenvalue weighted by Gasteiger charge is 2.32. The maximum atomic E-state index is 5.89. The van der Waals surface area contributed by atoms with E-state index >= 15 is 0 Å². The zero-order valence-electron chi connectivity index (χ0n) is 15.5. The molecule has 8 heteroatoms. The minimum atomic E-state index is -0.521. The summed E-state index contributed by atoms with van der Waals surface area (Å²) in [5.41, 5.74) is 8.19. The van der Waals surface area contributed by atoms with E-state index in [-0.39, 0.29) is 12.1 Å². The quantitative estimate of drug-likeness (QED) is 0.713. The van der Waals surface area contributed by atoms with Crippen molar-refractivity contribution >= 4 is 17.1 Å². The molecule has 1 aliphatic rings. The van der Waals surface area contributed by atoms with Crippen molar-refractivity contribution in [3.05, 3.63) is 42.2 Å². The average molecular weight is 369 g/mol. The van der Waals surface area contributed by atoms with Crippen LogP contribution in [0.1, 0.15) is 25.8 Å². The lowest BCUT2D eigenvalue weighted by Gasteiger charge is -2.17. The maximum absolute atomic E-state index is 5.89. The second kappa shape index (κ2) is 7.13. The number of anilines is 1. The maximum Gasteiger partial charge on any atom is 0.247 e. The molecule has 2 N–H and O–H groups in total. The molecule has 142 valence electrons. The Labute approximate surface area is 157 Å². The van der Waals surface area contributed by atoms with Crippen LogP contribution in [-0.4, -0.2) is 38.0 Å². The first-order valence-electron chi connectivity index (χ1n) is 8.97. The Bertz CT molecular complexity index is 926. The Morgan fingerprint density at radius 1 is 1.26 bits per heavy atom. The van der Waals surface area contributed by atoms with Gasteiger partial charge in [-0.1, -0.05) is 30.3 Å². The molecule has 0 bridgehead atoms. The third kappa shape index (κ3) is 4.01. The number of hydrogen-bond acceptors (Lipinski definition) is 7. The van der Waals surface area contributed by atoms with Crippen LogP contribution >= 0.6 is 0 Å². The molecule has 1 aliphatic heterocycles. The van der Waals surface area contributed by atoms with Crippen molar-refractivity contribution in [2.24, 2.45) is 0 Å².